The number of halogens is 3. The lowest BCUT2D eigenvalue weighted by Gasteiger charge is -2.06. The van der Waals surface area contributed by atoms with Crippen LogP contribution in [0.3, 0.4) is 0 Å². The Morgan fingerprint density at radius 1 is 1.38 bits per heavy atom. The second-order valence-electron chi connectivity index (χ2n) is 2.34. The summed E-state index contributed by atoms with van der Waals surface area (Å²) in [6.45, 7) is 0.908. The van der Waals surface area contributed by atoms with Crippen LogP contribution in [0.1, 0.15) is 13.3 Å². The van der Waals surface area contributed by atoms with E-state index in [9.17, 15) is 26.4 Å². The number of rotatable bonds is 3. The van der Waals surface area contributed by atoms with Crippen molar-refractivity contribution >= 4 is 15.9 Å². The molecule has 1 amide bonds. The summed E-state index contributed by atoms with van der Waals surface area (Å²) in [5.41, 5.74) is 0. The molecule has 1 N–H and O–H groups in total. The molecule has 0 saturated carbocycles. The summed E-state index contributed by atoms with van der Waals surface area (Å²) in [7, 11) is -4.13. The Balaban J connectivity index is 4.13. The Morgan fingerprint density at radius 2 is 1.85 bits per heavy atom. The van der Waals surface area contributed by atoms with E-state index in [1.807, 2.05) is 0 Å². The quantitative estimate of drug-likeness (QED) is 0.747. The van der Waals surface area contributed by atoms with Crippen LogP contribution in [0.5, 0.6) is 0 Å². The third-order valence-corrected chi connectivity index (χ3v) is 2.29. The van der Waals surface area contributed by atoms with Crippen LogP contribution in [-0.4, -0.2) is 26.3 Å². The Bertz CT molecular complexity index is 282. The number of hydrogen-bond donors (Lipinski definition) is 1. The molecule has 0 spiro atoms. The van der Waals surface area contributed by atoms with E-state index in [0.29, 0.717) is 0 Å². The van der Waals surface area contributed by atoms with E-state index >= 15 is 0 Å². The van der Waals surface area contributed by atoms with Crippen molar-refractivity contribution in [3.8, 4) is 0 Å². The molecule has 0 saturated heterocycles. The lowest BCUT2D eigenvalue weighted by atomic mass is 10.5. The van der Waals surface area contributed by atoms with Crippen LogP contribution < -0.4 is 4.72 Å². The Labute approximate surface area is 73.2 Å². The highest BCUT2D eigenvalue weighted by Gasteiger charge is 2.30. The predicted octanol–water partition coefficient (Wildman–Crippen LogP) is 0.405. The van der Waals surface area contributed by atoms with Crippen molar-refractivity contribution in [3.05, 3.63) is 0 Å². The molecule has 13 heavy (non-hydrogen) atoms. The van der Waals surface area contributed by atoms with Gasteiger partial charge >= 0.3 is 6.18 Å². The van der Waals surface area contributed by atoms with Gasteiger partial charge in [0.15, 0.2) is 0 Å². The van der Waals surface area contributed by atoms with Gasteiger partial charge in [0.1, 0.15) is 0 Å². The summed E-state index contributed by atoms with van der Waals surface area (Å²) < 4.78 is 57.4. The van der Waals surface area contributed by atoms with Gasteiger partial charge in [-0.15, -0.1) is 0 Å². The summed E-state index contributed by atoms with van der Waals surface area (Å²) in [5, 5.41) is 0. The molecule has 78 valence electrons. The Kier molecular flexibility index (Phi) is 3.71. The number of hydrogen-bond acceptors (Lipinski definition) is 3. The molecule has 0 aromatic heterocycles. The number of carbonyl (C=O) groups excluding carboxylic acids is 1. The molecule has 0 aliphatic carbocycles. The maximum atomic E-state index is 11.5. The molecule has 0 aromatic carbocycles. The van der Waals surface area contributed by atoms with Crippen LogP contribution in [0.15, 0.2) is 0 Å². The van der Waals surface area contributed by atoms with Gasteiger partial charge in [-0.1, -0.05) is 0 Å². The number of alkyl halides is 3. The largest absolute Gasteiger partial charge is 0.390 e. The molecule has 0 unspecified atom stereocenters. The van der Waals surface area contributed by atoms with Crippen molar-refractivity contribution in [1.29, 1.82) is 0 Å². The van der Waals surface area contributed by atoms with Gasteiger partial charge in [-0.25, -0.2) is 8.42 Å². The molecule has 0 aliphatic heterocycles. The SMILES string of the molecule is CC(=O)NS(=O)(=O)CCC(F)(F)F. The van der Waals surface area contributed by atoms with Crippen LogP contribution in [0.2, 0.25) is 0 Å². The highest BCUT2D eigenvalue weighted by atomic mass is 32.2. The number of sulfonamides is 1. The molecule has 0 aliphatic rings. The molecule has 0 atom stereocenters. The fraction of sp³-hybridized carbons (Fsp3) is 0.800. The molecule has 0 bridgehead atoms. The smallest absolute Gasteiger partial charge is 0.274 e. The Hall–Kier alpha value is -0.790. The Morgan fingerprint density at radius 3 is 2.15 bits per heavy atom. The highest BCUT2D eigenvalue weighted by Crippen LogP contribution is 2.19. The maximum Gasteiger partial charge on any atom is 0.390 e. The molecule has 0 heterocycles. The van der Waals surface area contributed by atoms with Gasteiger partial charge in [0.25, 0.3) is 0 Å². The zero-order valence-electron chi connectivity index (χ0n) is 6.68. The summed E-state index contributed by atoms with van der Waals surface area (Å²) in [6, 6.07) is 0. The van der Waals surface area contributed by atoms with Gasteiger partial charge in [0.05, 0.1) is 12.2 Å². The average Bonchev–Trinajstić information content (AvgIpc) is 1.79. The molecule has 0 fully saturated rings. The van der Waals surface area contributed by atoms with E-state index < -0.39 is 34.3 Å². The van der Waals surface area contributed by atoms with Crippen molar-refractivity contribution in [2.24, 2.45) is 0 Å². The molecule has 0 aromatic rings. The normalized spacial score (nSPS) is 12.6. The van der Waals surface area contributed by atoms with Crippen LogP contribution in [0.25, 0.3) is 0 Å². The lowest BCUT2D eigenvalue weighted by molar-refractivity contribution is -0.130. The van der Waals surface area contributed by atoms with Crippen molar-refractivity contribution in [2.75, 3.05) is 5.75 Å². The van der Waals surface area contributed by atoms with Crippen molar-refractivity contribution < 1.29 is 26.4 Å². The molecule has 0 rings (SSSR count). The van der Waals surface area contributed by atoms with Crippen molar-refractivity contribution in [2.45, 2.75) is 19.5 Å². The third-order valence-electron chi connectivity index (χ3n) is 0.953. The molecule has 8 heteroatoms. The molecule has 4 nitrogen and oxygen atoms in total. The predicted molar refractivity (Wildman–Crippen MR) is 38.3 cm³/mol. The van der Waals surface area contributed by atoms with Gasteiger partial charge in [-0.05, 0) is 0 Å². The minimum atomic E-state index is -4.54. The zero-order chi connectivity index (χ0) is 10.7. The molecular formula is C5H8F3NO3S. The van der Waals surface area contributed by atoms with E-state index in [4.69, 9.17) is 0 Å². The highest BCUT2D eigenvalue weighted by molar-refractivity contribution is 7.90. The van der Waals surface area contributed by atoms with E-state index in [-0.39, 0.29) is 0 Å². The first kappa shape index (κ1) is 12.2. The monoisotopic (exact) mass is 219 g/mol. The number of nitrogens with one attached hydrogen (secondary N) is 1. The number of carbonyl (C=O) groups is 1. The maximum absolute atomic E-state index is 11.5. The average molecular weight is 219 g/mol. The second kappa shape index (κ2) is 3.95. The minimum Gasteiger partial charge on any atom is -0.274 e. The summed E-state index contributed by atoms with van der Waals surface area (Å²) >= 11 is 0. The standard InChI is InChI=1S/C5H8F3NO3S/c1-4(10)9-13(11,12)3-2-5(6,7)8/h2-3H2,1H3,(H,9,10). The molecular weight excluding hydrogens is 211 g/mol. The fourth-order valence-electron chi connectivity index (χ4n) is 0.520. The van der Waals surface area contributed by atoms with E-state index in [2.05, 4.69) is 0 Å². The van der Waals surface area contributed by atoms with E-state index in [0.717, 1.165) is 6.92 Å². The minimum absolute atomic E-state index is 0.901. The first-order chi connectivity index (χ1) is 5.62. The third kappa shape index (κ3) is 7.57. The summed E-state index contributed by atoms with van der Waals surface area (Å²) in [6.07, 6.45) is -6.00. The van der Waals surface area contributed by atoms with E-state index in [1.54, 1.807) is 0 Å². The lowest BCUT2D eigenvalue weighted by Crippen LogP contribution is -2.32. The van der Waals surface area contributed by atoms with Gasteiger partial charge < -0.3 is 0 Å². The van der Waals surface area contributed by atoms with Gasteiger partial charge in [-0.3, -0.25) is 9.52 Å². The van der Waals surface area contributed by atoms with Crippen LogP contribution in [0, 0.1) is 0 Å². The second-order valence-corrected chi connectivity index (χ2v) is 4.18. The van der Waals surface area contributed by atoms with E-state index in [1.165, 1.54) is 4.72 Å². The van der Waals surface area contributed by atoms with Gasteiger partial charge in [0, 0.05) is 6.92 Å². The van der Waals surface area contributed by atoms with Crippen molar-refractivity contribution in [1.82, 2.24) is 4.72 Å². The summed E-state index contributed by atoms with van der Waals surface area (Å²) in [5.74, 6) is -2.03. The first-order valence-corrected chi connectivity index (χ1v) is 4.85. The topological polar surface area (TPSA) is 63.2 Å². The van der Waals surface area contributed by atoms with Crippen molar-refractivity contribution in [3.63, 3.8) is 0 Å². The van der Waals surface area contributed by atoms with Crippen LogP contribution in [-0.2, 0) is 14.8 Å². The summed E-state index contributed by atoms with van der Waals surface area (Å²) in [4.78, 5) is 10.2. The fourth-order valence-corrected chi connectivity index (χ4v) is 1.56. The van der Waals surface area contributed by atoms with Gasteiger partial charge in [-0.2, -0.15) is 13.2 Å². The van der Waals surface area contributed by atoms with Crippen LogP contribution in [0.4, 0.5) is 13.2 Å². The zero-order valence-corrected chi connectivity index (χ0v) is 7.50. The number of amides is 1. The first-order valence-electron chi connectivity index (χ1n) is 3.20. The van der Waals surface area contributed by atoms with Gasteiger partial charge in [0.2, 0.25) is 15.9 Å². The van der Waals surface area contributed by atoms with Crippen LogP contribution >= 0.6 is 0 Å². The molecule has 0 radical (unpaired) electrons.